The number of carbonyl (C=O) groups is 1. The lowest BCUT2D eigenvalue weighted by Gasteiger charge is -2.31. The van der Waals surface area contributed by atoms with E-state index in [1.807, 2.05) is 32.0 Å². The Morgan fingerprint density at radius 1 is 1.27 bits per heavy atom. The van der Waals surface area contributed by atoms with Gasteiger partial charge < -0.3 is 14.5 Å². The second-order valence-electron chi connectivity index (χ2n) is 7.10. The number of hydrogen-bond donors (Lipinski definition) is 1. The highest BCUT2D eigenvalue weighted by Crippen LogP contribution is 2.21. The normalized spacial score (nSPS) is 15.8. The first-order valence-corrected chi connectivity index (χ1v) is 9.25. The van der Waals surface area contributed by atoms with Crippen LogP contribution in [-0.2, 0) is 6.54 Å². The van der Waals surface area contributed by atoms with Gasteiger partial charge in [-0.25, -0.2) is 0 Å². The van der Waals surface area contributed by atoms with Crippen LogP contribution in [0.3, 0.4) is 0 Å². The number of nitrogens with zero attached hydrogens (tertiary/aromatic N) is 1. The second kappa shape index (κ2) is 8.41. The molecule has 1 N–H and O–H groups in total. The molecule has 1 aliphatic heterocycles. The molecule has 3 rings (SSSR count). The van der Waals surface area contributed by atoms with Crippen LogP contribution in [0.5, 0.6) is 5.75 Å². The average Bonchev–Trinajstić information content (AvgIpc) is 2.97. The van der Waals surface area contributed by atoms with Crippen molar-refractivity contribution in [3.8, 4) is 5.75 Å². The number of rotatable bonds is 6. The van der Waals surface area contributed by atoms with Gasteiger partial charge in [-0.15, -0.1) is 0 Å². The van der Waals surface area contributed by atoms with Crippen LogP contribution in [0.4, 0.5) is 0 Å². The van der Waals surface area contributed by atoms with Gasteiger partial charge in [0.05, 0.1) is 7.11 Å². The molecule has 1 amide bonds. The maximum atomic E-state index is 12.3. The van der Waals surface area contributed by atoms with Crippen molar-refractivity contribution in [3.63, 3.8) is 0 Å². The standard InChI is InChI=1S/C21H28N2O3/c1-15-11-19(16(2)26-15)14-23-9-7-17(8-10-23)13-22-21(24)18-5-4-6-20(12-18)25-3/h4-6,11-12,17H,7-10,13-14H2,1-3H3,(H,22,24). The van der Waals surface area contributed by atoms with E-state index < -0.39 is 0 Å². The average molecular weight is 356 g/mol. The highest BCUT2D eigenvalue weighted by atomic mass is 16.5. The molecule has 0 radical (unpaired) electrons. The number of likely N-dealkylation sites (tertiary alicyclic amines) is 1. The first-order valence-electron chi connectivity index (χ1n) is 9.25. The fraction of sp³-hybridized carbons (Fsp3) is 0.476. The highest BCUT2D eigenvalue weighted by Gasteiger charge is 2.21. The maximum Gasteiger partial charge on any atom is 0.251 e. The zero-order valence-corrected chi connectivity index (χ0v) is 15.9. The molecule has 0 aliphatic carbocycles. The van der Waals surface area contributed by atoms with Crippen LogP contribution in [0.25, 0.3) is 0 Å². The van der Waals surface area contributed by atoms with Crippen LogP contribution < -0.4 is 10.1 Å². The summed E-state index contributed by atoms with van der Waals surface area (Å²) in [4.78, 5) is 14.8. The number of carbonyl (C=O) groups excluding carboxylic acids is 1. The topological polar surface area (TPSA) is 54.7 Å². The van der Waals surface area contributed by atoms with Gasteiger partial charge in [0, 0.05) is 24.2 Å². The Balaban J connectivity index is 1.43. The molecule has 5 heteroatoms. The summed E-state index contributed by atoms with van der Waals surface area (Å²) >= 11 is 0. The third-order valence-electron chi connectivity index (χ3n) is 5.13. The van der Waals surface area contributed by atoms with Crippen LogP contribution in [0.2, 0.25) is 0 Å². The molecule has 0 bridgehead atoms. The molecule has 0 saturated carbocycles. The number of piperidine rings is 1. The van der Waals surface area contributed by atoms with Crippen molar-refractivity contribution in [1.82, 2.24) is 10.2 Å². The van der Waals surface area contributed by atoms with Crippen LogP contribution in [-0.4, -0.2) is 37.6 Å². The van der Waals surface area contributed by atoms with Gasteiger partial charge in [-0.1, -0.05) is 6.07 Å². The molecule has 1 fully saturated rings. The van der Waals surface area contributed by atoms with Gasteiger partial charge in [-0.2, -0.15) is 0 Å². The van der Waals surface area contributed by atoms with Gasteiger partial charge in [0.1, 0.15) is 17.3 Å². The van der Waals surface area contributed by atoms with E-state index in [4.69, 9.17) is 9.15 Å². The molecule has 2 aromatic rings. The summed E-state index contributed by atoms with van der Waals surface area (Å²) in [5, 5.41) is 3.07. The summed E-state index contributed by atoms with van der Waals surface area (Å²) in [7, 11) is 1.61. The monoisotopic (exact) mass is 356 g/mol. The lowest BCUT2D eigenvalue weighted by Crippen LogP contribution is -2.38. The van der Waals surface area contributed by atoms with Crippen molar-refractivity contribution in [2.24, 2.45) is 5.92 Å². The molecule has 0 atom stereocenters. The number of ether oxygens (including phenoxy) is 1. The predicted molar refractivity (Wildman–Crippen MR) is 102 cm³/mol. The van der Waals surface area contributed by atoms with E-state index in [1.165, 1.54) is 5.56 Å². The van der Waals surface area contributed by atoms with Crippen LogP contribution in [0, 0.1) is 19.8 Å². The van der Waals surface area contributed by atoms with Crippen molar-refractivity contribution in [1.29, 1.82) is 0 Å². The summed E-state index contributed by atoms with van der Waals surface area (Å²) < 4.78 is 10.8. The van der Waals surface area contributed by atoms with Gasteiger partial charge in [0.25, 0.3) is 5.91 Å². The minimum atomic E-state index is -0.0316. The smallest absolute Gasteiger partial charge is 0.251 e. The molecular weight excluding hydrogens is 328 g/mol. The van der Waals surface area contributed by atoms with E-state index in [2.05, 4.69) is 16.3 Å². The maximum absolute atomic E-state index is 12.3. The molecule has 1 aromatic carbocycles. The van der Waals surface area contributed by atoms with E-state index in [0.717, 1.165) is 50.5 Å². The fourth-order valence-electron chi connectivity index (χ4n) is 3.53. The molecule has 5 nitrogen and oxygen atoms in total. The molecule has 1 aliphatic rings. The van der Waals surface area contributed by atoms with Gasteiger partial charge in [-0.05, 0) is 70.0 Å². The predicted octanol–water partition coefficient (Wildman–Crippen LogP) is 3.55. The molecule has 2 heterocycles. The van der Waals surface area contributed by atoms with Crippen LogP contribution in [0.1, 0.15) is 40.3 Å². The first kappa shape index (κ1) is 18.5. The SMILES string of the molecule is COc1cccc(C(=O)NCC2CCN(Cc3cc(C)oc3C)CC2)c1. The second-order valence-corrected chi connectivity index (χ2v) is 7.10. The number of benzene rings is 1. The number of amides is 1. The van der Waals surface area contributed by atoms with Gasteiger partial charge in [0.2, 0.25) is 0 Å². The largest absolute Gasteiger partial charge is 0.497 e. The fourth-order valence-corrected chi connectivity index (χ4v) is 3.53. The number of furan rings is 1. The van der Waals surface area contributed by atoms with Crippen LogP contribution in [0.15, 0.2) is 34.7 Å². The summed E-state index contributed by atoms with van der Waals surface area (Å²) in [5.74, 6) is 3.21. The third kappa shape index (κ3) is 4.67. The Bertz CT molecular complexity index is 745. The van der Waals surface area contributed by atoms with Crippen molar-refractivity contribution in [2.45, 2.75) is 33.2 Å². The molecule has 140 valence electrons. The van der Waals surface area contributed by atoms with Crippen molar-refractivity contribution in [3.05, 3.63) is 53.0 Å². The van der Waals surface area contributed by atoms with Crippen molar-refractivity contribution >= 4 is 5.91 Å². The molecule has 0 unspecified atom stereocenters. The summed E-state index contributed by atoms with van der Waals surface area (Å²) in [6.07, 6.45) is 2.21. The number of hydrogen-bond acceptors (Lipinski definition) is 4. The minimum absolute atomic E-state index is 0.0316. The quantitative estimate of drug-likeness (QED) is 0.860. The zero-order valence-electron chi connectivity index (χ0n) is 15.9. The summed E-state index contributed by atoms with van der Waals surface area (Å²) in [6.45, 7) is 7.82. The van der Waals surface area contributed by atoms with E-state index in [0.29, 0.717) is 17.2 Å². The molecular formula is C21H28N2O3. The number of methoxy groups -OCH3 is 1. The third-order valence-corrected chi connectivity index (χ3v) is 5.13. The Kier molecular flexibility index (Phi) is 5.99. The van der Waals surface area contributed by atoms with E-state index in [-0.39, 0.29) is 5.91 Å². The van der Waals surface area contributed by atoms with Gasteiger partial charge in [-0.3, -0.25) is 9.69 Å². The molecule has 1 saturated heterocycles. The summed E-state index contributed by atoms with van der Waals surface area (Å²) in [6, 6.07) is 9.40. The molecule has 1 aromatic heterocycles. The van der Waals surface area contributed by atoms with Crippen LogP contribution >= 0.6 is 0 Å². The highest BCUT2D eigenvalue weighted by molar-refractivity contribution is 5.94. The Labute approximate surface area is 155 Å². The Morgan fingerprint density at radius 3 is 2.69 bits per heavy atom. The minimum Gasteiger partial charge on any atom is -0.497 e. The van der Waals surface area contributed by atoms with Gasteiger partial charge >= 0.3 is 0 Å². The Hall–Kier alpha value is -2.27. The number of aryl methyl sites for hydroxylation is 2. The van der Waals surface area contributed by atoms with E-state index >= 15 is 0 Å². The molecule has 0 spiro atoms. The van der Waals surface area contributed by atoms with Crippen molar-refractivity contribution < 1.29 is 13.9 Å². The van der Waals surface area contributed by atoms with E-state index in [1.54, 1.807) is 13.2 Å². The van der Waals surface area contributed by atoms with E-state index in [9.17, 15) is 4.79 Å². The zero-order chi connectivity index (χ0) is 18.5. The lowest BCUT2D eigenvalue weighted by atomic mass is 9.96. The first-order chi connectivity index (χ1) is 12.5. The number of nitrogens with one attached hydrogen (secondary N) is 1. The van der Waals surface area contributed by atoms with Crippen molar-refractivity contribution in [2.75, 3.05) is 26.7 Å². The molecule has 26 heavy (non-hydrogen) atoms. The lowest BCUT2D eigenvalue weighted by molar-refractivity contribution is 0.0934. The summed E-state index contributed by atoms with van der Waals surface area (Å²) in [5.41, 5.74) is 1.93. The van der Waals surface area contributed by atoms with Gasteiger partial charge in [0.15, 0.2) is 0 Å². The Morgan fingerprint density at radius 2 is 2.04 bits per heavy atom.